The van der Waals surface area contributed by atoms with Gasteiger partial charge in [0.15, 0.2) is 5.03 Å². The van der Waals surface area contributed by atoms with Crippen LogP contribution in [0.1, 0.15) is 12.6 Å². The molecule has 26 heavy (non-hydrogen) atoms. The lowest BCUT2D eigenvalue weighted by Gasteiger charge is -2.25. The number of aromatic amines is 1. The van der Waals surface area contributed by atoms with Crippen LogP contribution in [-0.4, -0.2) is 40.0 Å². The van der Waals surface area contributed by atoms with Gasteiger partial charge in [0, 0.05) is 10.9 Å². The van der Waals surface area contributed by atoms with E-state index in [2.05, 4.69) is 9.98 Å². The van der Waals surface area contributed by atoms with Crippen molar-refractivity contribution in [1.82, 2.24) is 4.98 Å². The van der Waals surface area contributed by atoms with Crippen molar-refractivity contribution < 1.29 is 14.1 Å². The molecule has 4 rings (SSSR count). The number of nitrogens with zero attached hydrogens (tertiary/aromatic N) is 3. The molecule has 0 amide bonds. The number of nitrogens with two attached hydrogens (primary N) is 1. The van der Waals surface area contributed by atoms with Gasteiger partial charge in [0.25, 0.3) is 5.84 Å². The number of amidine groups is 1. The van der Waals surface area contributed by atoms with Gasteiger partial charge in [0.05, 0.1) is 24.8 Å². The predicted octanol–water partition coefficient (Wildman–Crippen LogP) is 2.64. The highest BCUT2D eigenvalue weighted by atomic mass is 32.2. The van der Waals surface area contributed by atoms with E-state index in [0.717, 1.165) is 22.3 Å². The van der Waals surface area contributed by atoms with E-state index in [0.29, 0.717) is 17.5 Å². The number of esters is 1. The minimum atomic E-state index is -0.279. The third-order valence-corrected chi connectivity index (χ3v) is 5.12. The second kappa shape index (κ2) is 6.56. The van der Waals surface area contributed by atoms with Crippen molar-refractivity contribution in [3.63, 3.8) is 0 Å². The van der Waals surface area contributed by atoms with Gasteiger partial charge in [-0.1, -0.05) is 30.0 Å². The number of fused-ring (bicyclic) bond motifs is 2. The Balaban J connectivity index is 1.71. The van der Waals surface area contributed by atoms with Crippen LogP contribution in [0, 0.1) is 0 Å². The number of allylic oxidation sites excluding steroid dienone is 1. The summed E-state index contributed by atoms with van der Waals surface area (Å²) in [6, 6.07) is 10.0. The summed E-state index contributed by atoms with van der Waals surface area (Å²) in [6.07, 6.45) is 5.12. The normalized spacial score (nSPS) is 21.2. The molecule has 3 N–H and O–H groups in total. The Morgan fingerprint density at radius 1 is 1.38 bits per heavy atom. The summed E-state index contributed by atoms with van der Waals surface area (Å²) in [5.74, 6) is 7.19. The van der Waals surface area contributed by atoms with Crippen LogP contribution in [0.25, 0.3) is 10.9 Å². The Hall–Kier alpha value is -2.68. The average Bonchev–Trinajstić information content (AvgIpc) is 3.18. The van der Waals surface area contributed by atoms with Crippen LogP contribution >= 0.6 is 11.8 Å². The molecule has 1 unspecified atom stereocenters. The van der Waals surface area contributed by atoms with Gasteiger partial charge < -0.3 is 9.72 Å². The average molecular weight is 368 g/mol. The smallest absolute Gasteiger partial charge is 0.316 e. The number of nitrogens with one attached hydrogen (secondary N) is 1. The minimum Gasteiger partial charge on any atom is -0.465 e. The van der Waals surface area contributed by atoms with Crippen LogP contribution in [0.5, 0.6) is 0 Å². The Morgan fingerprint density at radius 3 is 3.04 bits per heavy atom. The molecule has 2 aromatic rings. The summed E-state index contributed by atoms with van der Waals surface area (Å²) in [5.41, 5.74) is 2.58. The number of hydrogen-bond acceptors (Lipinski definition) is 6. The largest absolute Gasteiger partial charge is 0.465 e. The molecule has 0 aliphatic carbocycles. The fourth-order valence-electron chi connectivity index (χ4n) is 2.96. The number of para-hydroxylation sites is 1. The summed E-state index contributed by atoms with van der Waals surface area (Å²) in [6.45, 7) is 2.14. The van der Waals surface area contributed by atoms with Crippen molar-refractivity contribution in [2.75, 3.05) is 12.4 Å². The molecule has 8 heteroatoms. The van der Waals surface area contributed by atoms with Crippen molar-refractivity contribution in [2.45, 2.75) is 6.92 Å². The molecule has 0 saturated heterocycles. The molecule has 0 spiro atoms. The number of carbonyl (C=O) groups excluding carboxylic acids is 1. The van der Waals surface area contributed by atoms with Crippen LogP contribution < -0.4 is 5.84 Å². The van der Waals surface area contributed by atoms with E-state index in [1.54, 1.807) is 25.5 Å². The lowest BCUT2D eigenvalue weighted by atomic mass is 10.2. The fourth-order valence-corrected chi connectivity index (χ4v) is 3.80. The molecule has 2 aliphatic heterocycles. The molecule has 1 aromatic carbocycles. The molecule has 132 valence electrons. The molecular formula is C18H18N5O2S+. The number of hydrogen-bond donors (Lipinski definition) is 2. The third-order valence-electron chi connectivity index (χ3n) is 4.16. The first-order chi connectivity index (χ1) is 12.6. The van der Waals surface area contributed by atoms with Gasteiger partial charge in [-0.2, -0.15) is 10.8 Å². The van der Waals surface area contributed by atoms with Crippen LogP contribution in [0.2, 0.25) is 0 Å². The molecule has 0 radical (unpaired) electrons. The highest BCUT2D eigenvalue weighted by molar-refractivity contribution is 8.03. The van der Waals surface area contributed by atoms with Gasteiger partial charge in [-0.05, 0) is 19.1 Å². The number of benzene rings is 1. The molecule has 0 fully saturated rings. The molecule has 0 saturated carbocycles. The van der Waals surface area contributed by atoms with E-state index in [9.17, 15) is 4.79 Å². The van der Waals surface area contributed by atoms with Crippen molar-refractivity contribution in [1.29, 1.82) is 0 Å². The van der Waals surface area contributed by atoms with E-state index in [1.165, 1.54) is 11.8 Å². The quantitative estimate of drug-likeness (QED) is 0.482. The SMILES string of the molecule is CCOC(=O)CSC1=C2C=NC=C[N+]2(N)C(c2cc3ccccc3[nH]2)=N1. The summed E-state index contributed by atoms with van der Waals surface area (Å²) >= 11 is 1.30. The zero-order valence-corrected chi connectivity index (χ0v) is 15.0. The van der Waals surface area contributed by atoms with E-state index < -0.39 is 0 Å². The highest BCUT2D eigenvalue weighted by Crippen LogP contribution is 2.36. The van der Waals surface area contributed by atoms with E-state index in [1.807, 2.05) is 30.3 Å². The van der Waals surface area contributed by atoms with E-state index in [4.69, 9.17) is 15.6 Å². The Kier molecular flexibility index (Phi) is 4.23. The Labute approximate surface area is 154 Å². The summed E-state index contributed by atoms with van der Waals surface area (Å²) in [7, 11) is 0. The first-order valence-corrected chi connectivity index (χ1v) is 9.19. The Morgan fingerprint density at radius 2 is 2.23 bits per heavy atom. The molecule has 0 bridgehead atoms. The lowest BCUT2D eigenvalue weighted by molar-refractivity contribution is -0.750. The van der Waals surface area contributed by atoms with E-state index >= 15 is 0 Å². The minimum absolute atomic E-state index is 0.0819. The number of aliphatic imine (C=N–C) groups is 2. The van der Waals surface area contributed by atoms with Gasteiger partial charge in [-0.15, -0.1) is 4.59 Å². The van der Waals surface area contributed by atoms with Crippen molar-refractivity contribution in [3.8, 4) is 0 Å². The number of ether oxygens (including phenoxy) is 1. The van der Waals surface area contributed by atoms with Gasteiger partial charge in [0.2, 0.25) is 5.70 Å². The molecule has 3 heterocycles. The zero-order chi connectivity index (χ0) is 18.1. The summed E-state index contributed by atoms with van der Waals surface area (Å²) < 4.78 is 4.91. The molecule has 1 aromatic heterocycles. The topological polar surface area (TPSA) is 92.8 Å². The van der Waals surface area contributed by atoms with Crippen molar-refractivity contribution in [3.05, 3.63) is 59.2 Å². The van der Waals surface area contributed by atoms with Gasteiger partial charge in [-0.25, -0.2) is 0 Å². The standard InChI is InChI=1S/C18H18N5O2S/c1-2-25-16(24)11-26-18-15-10-20-7-8-23(15,19)17(22-18)14-9-12-5-3-4-6-13(12)21-14/h3-10,21H,2,11,19H2,1H3/q+1. The number of aromatic nitrogens is 1. The van der Waals surface area contributed by atoms with Gasteiger partial charge >= 0.3 is 5.97 Å². The molecule has 1 atom stereocenters. The lowest BCUT2D eigenvalue weighted by Crippen LogP contribution is -2.53. The Bertz CT molecular complexity index is 971. The maximum absolute atomic E-state index is 11.7. The highest BCUT2D eigenvalue weighted by Gasteiger charge is 2.45. The van der Waals surface area contributed by atoms with Crippen molar-refractivity contribution >= 4 is 40.7 Å². The summed E-state index contributed by atoms with van der Waals surface area (Å²) in [5, 5.41) is 1.75. The first-order valence-electron chi connectivity index (χ1n) is 8.20. The van der Waals surface area contributed by atoms with E-state index in [-0.39, 0.29) is 16.3 Å². The monoisotopic (exact) mass is 368 g/mol. The number of H-pyrrole nitrogens is 1. The number of rotatable bonds is 5. The maximum atomic E-state index is 11.7. The molecule has 7 nitrogen and oxygen atoms in total. The predicted molar refractivity (Wildman–Crippen MR) is 103 cm³/mol. The van der Waals surface area contributed by atoms with Crippen LogP contribution in [0.15, 0.2) is 63.4 Å². The second-order valence-electron chi connectivity index (χ2n) is 5.84. The van der Waals surface area contributed by atoms with Gasteiger partial charge in [-0.3, -0.25) is 9.79 Å². The first kappa shape index (κ1) is 16.8. The van der Waals surface area contributed by atoms with Crippen molar-refractivity contribution in [2.24, 2.45) is 15.8 Å². The number of carbonyl (C=O) groups is 1. The molecular weight excluding hydrogens is 350 g/mol. The third kappa shape index (κ3) is 2.78. The summed E-state index contributed by atoms with van der Waals surface area (Å²) in [4.78, 5) is 24.0. The van der Waals surface area contributed by atoms with Crippen LogP contribution in [-0.2, 0) is 9.53 Å². The van der Waals surface area contributed by atoms with Crippen LogP contribution in [0.4, 0.5) is 0 Å². The van der Waals surface area contributed by atoms with Gasteiger partial charge in [0.1, 0.15) is 11.9 Å². The zero-order valence-electron chi connectivity index (χ0n) is 14.2. The number of quaternary nitrogens is 1. The number of thioether (sulfide) groups is 1. The maximum Gasteiger partial charge on any atom is 0.316 e. The van der Waals surface area contributed by atoms with Crippen LogP contribution in [0.3, 0.4) is 0 Å². The second-order valence-corrected chi connectivity index (χ2v) is 6.81. The fraction of sp³-hybridized carbons (Fsp3) is 0.167. The molecule has 2 aliphatic rings.